The summed E-state index contributed by atoms with van der Waals surface area (Å²) in [6.07, 6.45) is 3.46. The van der Waals surface area contributed by atoms with E-state index in [4.69, 9.17) is 5.84 Å². The summed E-state index contributed by atoms with van der Waals surface area (Å²) < 4.78 is 0. The summed E-state index contributed by atoms with van der Waals surface area (Å²) in [5, 5.41) is 3.09. The Morgan fingerprint density at radius 2 is 2.17 bits per heavy atom. The number of nitrogens with zero attached hydrogens (tertiary/aromatic N) is 2. The van der Waals surface area contributed by atoms with Crippen LogP contribution in [0.5, 0.6) is 0 Å². The zero-order valence-corrected chi connectivity index (χ0v) is 10.1. The van der Waals surface area contributed by atoms with Crippen molar-refractivity contribution in [2.45, 2.75) is 13.0 Å². The van der Waals surface area contributed by atoms with Crippen LogP contribution < -0.4 is 16.6 Å². The Morgan fingerprint density at radius 3 is 2.78 bits per heavy atom. The highest BCUT2D eigenvalue weighted by molar-refractivity contribution is 5.93. The van der Waals surface area contributed by atoms with Crippen LogP contribution in [-0.2, 0) is 0 Å². The van der Waals surface area contributed by atoms with Crippen molar-refractivity contribution in [3.8, 4) is 0 Å². The number of imidazole rings is 1. The molecule has 0 bridgehead atoms. The molecule has 18 heavy (non-hydrogen) atoms. The van der Waals surface area contributed by atoms with Gasteiger partial charge in [0.05, 0.1) is 0 Å². The number of anilines is 1. The third kappa shape index (κ3) is 3.08. The molecule has 1 aromatic heterocycles. The first-order chi connectivity index (χ1) is 8.79. The summed E-state index contributed by atoms with van der Waals surface area (Å²) >= 11 is 0. The van der Waals surface area contributed by atoms with Crippen molar-refractivity contribution >= 4 is 11.6 Å². The van der Waals surface area contributed by atoms with E-state index < -0.39 is 0 Å². The SMILES string of the molecule is CC(N=C(NN)Nc1ccccc1)c1ncc[nH]1. The largest absolute Gasteiger partial charge is 0.347 e. The highest BCUT2D eigenvalue weighted by atomic mass is 15.3. The first-order valence-electron chi connectivity index (χ1n) is 5.65. The fourth-order valence-electron chi connectivity index (χ4n) is 1.52. The van der Waals surface area contributed by atoms with Crippen LogP contribution in [0.2, 0.25) is 0 Å². The number of hydrazine groups is 1. The number of para-hydroxylation sites is 1. The molecule has 0 radical (unpaired) electrons. The average Bonchev–Trinajstić information content (AvgIpc) is 2.93. The normalized spacial score (nSPS) is 13.1. The van der Waals surface area contributed by atoms with Gasteiger partial charge in [-0.3, -0.25) is 5.43 Å². The van der Waals surface area contributed by atoms with Gasteiger partial charge >= 0.3 is 0 Å². The van der Waals surface area contributed by atoms with Gasteiger partial charge in [0.25, 0.3) is 0 Å². The minimum absolute atomic E-state index is 0.109. The van der Waals surface area contributed by atoms with Crippen LogP contribution in [0.1, 0.15) is 18.8 Å². The molecule has 2 aromatic rings. The van der Waals surface area contributed by atoms with Gasteiger partial charge in [-0.05, 0) is 19.1 Å². The number of nitrogens with one attached hydrogen (secondary N) is 3. The first kappa shape index (κ1) is 12.1. The van der Waals surface area contributed by atoms with Crippen molar-refractivity contribution in [3.63, 3.8) is 0 Å². The lowest BCUT2D eigenvalue weighted by Gasteiger charge is -2.11. The Labute approximate surface area is 105 Å². The molecule has 1 unspecified atom stereocenters. The topological polar surface area (TPSA) is 91.1 Å². The molecule has 0 aliphatic rings. The molecule has 5 N–H and O–H groups in total. The van der Waals surface area contributed by atoms with Crippen molar-refractivity contribution in [3.05, 3.63) is 48.5 Å². The molecule has 1 aromatic carbocycles. The number of aliphatic imine (C=N–C) groups is 1. The van der Waals surface area contributed by atoms with E-state index >= 15 is 0 Å². The lowest BCUT2D eigenvalue weighted by Crippen LogP contribution is -2.36. The van der Waals surface area contributed by atoms with Gasteiger partial charge in [0.1, 0.15) is 11.9 Å². The minimum atomic E-state index is -0.109. The van der Waals surface area contributed by atoms with Gasteiger partial charge in [-0.2, -0.15) is 0 Å². The van der Waals surface area contributed by atoms with E-state index in [1.807, 2.05) is 37.3 Å². The monoisotopic (exact) mass is 244 g/mol. The maximum absolute atomic E-state index is 5.45. The van der Waals surface area contributed by atoms with Crippen LogP contribution in [-0.4, -0.2) is 15.9 Å². The predicted molar refractivity (Wildman–Crippen MR) is 71.8 cm³/mol. The molecule has 94 valence electrons. The van der Waals surface area contributed by atoms with Gasteiger partial charge in [0, 0.05) is 18.1 Å². The van der Waals surface area contributed by atoms with E-state index in [0.29, 0.717) is 5.96 Å². The molecule has 0 fully saturated rings. The Balaban J connectivity index is 2.09. The van der Waals surface area contributed by atoms with Crippen molar-refractivity contribution in [1.29, 1.82) is 0 Å². The van der Waals surface area contributed by atoms with E-state index in [1.54, 1.807) is 12.4 Å². The molecule has 0 aliphatic carbocycles. The van der Waals surface area contributed by atoms with Gasteiger partial charge in [-0.25, -0.2) is 15.8 Å². The van der Waals surface area contributed by atoms with Crippen molar-refractivity contribution < 1.29 is 0 Å². The van der Waals surface area contributed by atoms with Crippen LogP contribution >= 0.6 is 0 Å². The van der Waals surface area contributed by atoms with Gasteiger partial charge < -0.3 is 10.3 Å². The fraction of sp³-hybridized carbons (Fsp3) is 0.167. The summed E-state index contributed by atoms with van der Waals surface area (Å²) in [5.74, 6) is 6.73. The maximum atomic E-state index is 5.45. The summed E-state index contributed by atoms with van der Waals surface area (Å²) in [6.45, 7) is 1.93. The molecular weight excluding hydrogens is 228 g/mol. The number of aromatic amines is 1. The van der Waals surface area contributed by atoms with Crippen LogP contribution in [0, 0.1) is 0 Å². The molecule has 6 heteroatoms. The van der Waals surface area contributed by atoms with Crippen molar-refractivity contribution in [2.75, 3.05) is 5.32 Å². The molecular formula is C12H16N6. The molecule has 0 saturated carbocycles. The maximum Gasteiger partial charge on any atom is 0.210 e. The van der Waals surface area contributed by atoms with Crippen LogP contribution in [0.4, 0.5) is 5.69 Å². The Hall–Kier alpha value is -2.34. The highest BCUT2D eigenvalue weighted by Gasteiger charge is 2.07. The summed E-state index contributed by atoms with van der Waals surface area (Å²) in [5.41, 5.74) is 3.46. The number of hydrogen-bond donors (Lipinski definition) is 4. The van der Waals surface area contributed by atoms with E-state index in [9.17, 15) is 0 Å². The highest BCUT2D eigenvalue weighted by Crippen LogP contribution is 2.12. The standard InChI is InChI=1S/C12H16N6/c1-9(11-14-7-8-15-11)16-12(18-13)17-10-5-3-2-4-6-10/h2-9H,13H2,1H3,(H,14,15)(H2,16,17,18). The second kappa shape index (κ2) is 5.83. The summed E-state index contributed by atoms with van der Waals surface area (Å²) in [7, 11) is 0. The summed E-state index contributed by atoms with van der Waals surface area (Å²) in [4.78, 5) is 11.6. The Kier molecular flexibility index (Phi) is 3.93. The van der Waals surface area contributed by atoms with Gasteiger partial charge in [-0.15, -0.1) is 0 Å². The number of hydrogen-bond acceptors (Lipinski definition) is 3. The average molecular weight is 244 g/mol. The smallest absolute Gasteiger partial charge is 0.210 e. The van der Waals surface area contributed by atoms with Crippen LogP contribution in [0.25, 0.3) is 0 Å². The number of guanidine groups is 1. The fourth-order valence-corrected chi connectivity index (χ4v) is 1.52. The predicted octanol–water partition coefficient (Wildman–Crippen LogP) is 1.40. The number of H-pyrrole nitrogens is 1. The zero-order chi connectivity index (χ0) is 12.8. The Morgan fingerprint density at radius 1 is 1.39 bits per heavy atom. The Bertz CT molecular complexity index is 491. The molecule has 2 rings (SSSR count). The number of nitrogens with two attached hydrogens (primary N) is 1. The first-order valence-corrected chi connectivity index (χ1v) is 5.65. The van der Waals surface area contributed by atoms with Gasteiger partial charge in [-0.1, -0.05) is 18.2 Å². The van der Waals surface area contributed by atoms with Gasteiger partial charge in [0.2, 0.25) is 5.96 Å². The second-order valence-electron chi connectivity index (χ2n) is 3.76. The number of rotatable bonds is 3. The lowest BCUT2D eigenvalue weighted by molar-refractivity contribution is 0.748. The second-order valence-corrected chi connectivity index (χ2v) is 3.76. The molecule has 1 heterocycles. The molecule has 0 spiro atoms. The molecule has 0 aliphatic heterocycles. The quantitative estimate of drug-likeness (QED) is 0.284. The minimum Gasteiger partial charge on any atom is -0.347 e. The third-order valence-corrected chi connectivity index (χ3v) is 2.41. The van der Waals surface area contributed by atoms with Crippen LogP contribution in [0.15, 0.2) is 47.7 Å². The number of aromatic nitrogens is 2. The third-order valence-electron chi connectivity index (χ3n) is 2.41. The van der Waals surface area contributed by atoms with Gasteiger partial charge in [0.15, 0.2) is 0 Å². The van der Waals surface area contributed by atoms with E-state index in [1.165, 1.54) is 0 Å². The molecule has 0 amide bonds. The molecule has 6 nitrogen and oxygen atoms in total. The zero-order valence-electron chi connectivity index (χ0n) is 10.1. The van der Waals surface area contributed by atoms with E-state index in [-0.39, 0.29) is 6.04 Å². The van der Waals surface area contributed by atoms with E-state index in [2.05, 4.69) is 25.7 Å². The molecule has 0 saturated heterocycles. The summed E-state index contributed by atoms with van der Waals surface area (Å²) in [6, 6.07) is 9.58. The lowest BCUT2D eigenvalue weighted by atomic mass is 10.3. The molecule has 1 atom stereocenters. The number of benzene rings is 1. The van der Waals surface area contributed by atoms with Crippen LogP contribution in [0.3, 0.4) is 0 Å². The van der Waals surface area contributed by atoms with Crippen molar-refractivity contribution in [2.24, 2.45) is 10.8 Å². The van der Waals surface area contributed by atoms with E-state index in [0.717, 1.165) is 11.5 Å². The van der Waals surface area contributed by atoms with Crippen molar-refractivity contribution in [1.82, 2.24) is 15.4 Å².